The zero-order chi connectivity index (χ0) is 21.5. The van der Waals surface area contributed by atoms with Crippen LogP contribution in [0.15, 0.2) is 36.8 Å². The third kappa shape index (κ3) is 5.84. The van der Waals surface area contributed by atoms with Crippen LogP contribution >= 0.6 is 11.6 Å². The van der Waals surface area contributed by atoms with E-state index in [1.54, 1.807) is 0 Å². The minimum absolute atomic E-state index is 0.641. The van der Waals surface area contributed by atoms with E-state index in [4.69, 9.17) is 31.4 Å². The smallest absolute Gasteiger partial charge is 0.414 e. The van der Waals surface area contributed by atoms with Gasteiger partial charge in [-0.25, -0.2) is 9.59 Å². The molecule has 8 nitrogen and oxygen atoms in total. The summed E-state index contributed by atoms with van der Waals surface area (Å²) < 4.78 is 0. The number of hydrogen-bond acceptors (Lipinski definition) is 4. The minimum Gasteiger partial charge on any atom is -0.473 e. The zero-order valence-corrected chi connectivity index (χ0v) is 17.2. The number of carboxylic acid groups (broad SMARTS) is 2. The minimum atomic E-state index is -1.82. The van der Waals surface area contributed by atoms with Crippen molar-refractivity contribution < 1.29 is 19.8 Å². The third-order valence-corrected chi connectivity index (χ3v) is 5.62. The predicted octanol–water partition coefficient (Wildman–Crippen LogP) is 3.51. The summed E-state index contributed by atoms with van der Waals surface area (Å²) in [6, 6.07) is 6.12. The average Bonchev–Trinajstić information content (AvgIpc) is 3.38. The van der Waals surface area contributed by atoms with Crippen molar-refractivity contribution in [2.75, 3.05) is 19.6 Å². The highest BCUT2D eigenvalue weighted by molar-refractivity contribution is 6.31. The molecule has 0 saturated carbocycles. The molecule has 0 aliphatic carbocycles. The van der Waals surface area contributed by atoms with Gasteiger partial charge in [-0.3, -0.25) is 5.10 Å². The molecular formula is C21H25ClN4O4. The molecule has 4 N–H and O–H groups in total. The zero-order valence-electron chi connectivity index (χ0n) is 16.5. The second-order valence-electron chi connectivity index (χ2n) is 7.37. The van der Waals surface area contributed by atoms with Gasteiger partial charge >= 0.3 is 11.9 Å². The first-order chi connectivity index (χ1) is 14.4. The molecule has 0 bridgehead atoms. The molecule has 1 fully saturated rings. The number of likely N-dealkylation sites (tertiary alicyclic amines) is 1. The largest absolute Gasteiger partial charge is 0.473 e. The van der Waals surface area contributed by atoms with Crippen LogP contribution in [0, 0.1) is 0 Å². The molecule has 3 heterocycles. The molecule has 160 valence electrons. The molecule has 1 saturated heterocycles. The standard InChI is InChI=1S/C19H23ClN4.C2H2O4/c20-16-3-4-19-17(10-16)18(13-21-19)15-5-8-24(9-6-15)7-1-2-14-11-22-23-12-14;3-1(4)2(5)6/h3-4,10-13,15,21H,1-2,5-9H2,(H,22,23);(H,3,4)(H,5,6). The number of carbonyl (C=O) groups is 2. The lowest BCUT2D eigenvalue weighted by atomic mass is 9.89. The van der Waals surface area contributed by atoms with E-state index in [2.05, 4.69) is 38.4 Å². The molecule has 1 aliphatic rings. The maximum absolute atomic E-state index is 9.10. The van der Waals surface area contributed by atoms with E-state index in [-0.39, 0.29) is 0 Å². The molecule has 1 aliphatic heterocycles. The van der Waals surface area contributed by atoms with Gasteiger partial charge in [-0.2, -0.15) is 5.10 Å². The summed E-state index contributed by atoms with van der Waals surface area (Å²) in [5.41, 5.74) is 3.93. The van der Waals surface area contributed by atoms with Crippen molar-refractivity contribution in [2.24, 2.45) is 0 Å². The van der Waals surface area contributed by atoms with Gasteiger partial charge in [0.1, 0.15) is 0 Å². The fourth-order valence-electron chi connectivity index (χ4n) is 3.84. The summed E-state index contributed by atoms with van der Waals surface area (Å²) in [6.07, 6.45) is 10.9. The van der Waals surface area contributed by atoms with Crippen LogP contribution in [0.2, 0.25) is 5.02 Å². The Morgan fingerprint density at radius 2 is 1.90 bits per heavy atom. The molecule has 9 heteroatoms. The number of aliphatic carboxylic acids is 2. The number of piperidine rings is 1. The van der Waals surface area contributed by atoms with E-state index in [9.17, 15) is 0 Å². The maximum Gasteiger partial charge on any atom is 0.414 e. The number of aromatic amines is 2. The molecule has 3 aromatic rings. The molecule has 30 heavy (non-hydrogen) atoms. The second kappa shape index (κ2) is 10.3. The molecule has 1 aromatic carbocycles. The van der Waals surface area contributed by atoms with Crippen molar-refractivity contribution in [1.29, 1.82) is 0 Å². The average molecular weight is 433 g/mol. The highest BCUT2D eigenvalue weighted by Crippen LogP contribution is 2.34. The monoisotopic (exact) mass is 432 g/mol. The van der Waals surface area contributed by atoms with Crippen molar-refractivity contribution >= 4 is 34.4 Å². The van der Waals surface area contributed by atoms with Crippen LogP contribution in [-0.4, -0.2) is 61.9 Å². The highest BCUT2D eigenvalue weighted by atomic mass is 35.5. The SMILES string of the molecule is Clc1ccc2[nH]cc(C3CCN(CCCc4cn[nH]c4)CC3)c2c1.O=C(O)C(=O)O. The number of fused-ring (bicyclic) bond motifs is 1. The lowest BCUT2D eigenvalue weighted by molar-refractivity contribution is -0.159. The first kappa shape index (κ1) is 21.9. The van der Waals surface area contributed by atoms with Crippen molar-refractivity contribution in [1.82, 2.24) is 20.1 Å². The van der Waals surface area contributed by atoms with E-state index >= 15 is 0 Å². The van der Waals surface area contributed by atoms with Crippen molar-refractivity contribution in [2.45, 2.75) is 31.6 Å². The molecule has 0 atom stereocenters. The topological polar surface area (TPSA) is 122 Å². The van der Waals surface area contributed by atoms with Gasteiger partial charge in [0.25, 0.3) is 0 Å². The Labute approximate surface area is 178 Å². The van der Waals surface area contributed by atoms with E-state index in [0.29, 0.717) is 5.92 Å². The Bertz CT molecular complexity index is 966. The Morgan fingerprint density at radius 1 is 1.17 bits per heavy atom. The number of nitrogens with zero attached hydrogens (tertiary/aromatic N) is 2. The van der Waals surface area contributed by atoms with E-state index < -0.39 is 11.9 Å². The Balaban J connectivity index is 0.000000377. The summed E-state index contributed by atoms with van der Waals surface area (Å²) in [4.78, 5) is 24.2. The second-order valence-corrected chi connectivity index (χ2v) is 7.81. The highest BCUT2D eigenvalue weighted by Gasteiger charge is 2.22. The number of halogens is 1. The first-order valence-electron chi connectivity index (χ1n) is 9.87. The van der Waals surface area contributed by atoms with E-state index in [1.165, 1.54) is 60.9 Å². The predicted molar refractivity (Wildman–Crippen MR) is 114 cm³/mol. The van der Waals surface area contributed by atoms with E-state index in [1.807, 2.05) is 18.5 Å². The van der Waals surface area contributed by atoms with Gasteiger partial charge in [0.15, 0.2) is 0 Å². The summed E-state index contributed by atoms with van der Waals surface area (Å²) >= 11 is 6.18. The number of aromatic nitrogens is 3. The summed E-state index contributed by atoms with van der Waals surface area (Å²) in [5, 5.41) is 23.8. The van der Waals surface area contributed by atoms with Crippen LogP contribution < -0.4 is 0 Å². The van der Waals surface area contributed by atoms with Gasteiger partial charge in [0, 0.05) is 28.3 Å². The molecule has 0 unspecified atom stereocenters. The van der Waals surface area contributed by atoms with Crippen LogP contribution in [0.1, 0.15) is 36.3 Å². The number of nitrogens with one attached hydrogen (secondary N) is 2. The van der Waals surface area contributed by atoms with Crippen molar-refractivity contribution in [3.8, 4) is 0 Å². The van der Waals surface area contributed by atoms with Gasteiger partial charge in [-0.05, 0) is 80.6 Å². The van der Waals surface area contributed by atoms with Gasteiger partial charge in [-0.1, -0.05) is 11.6 Å². The van der Waals surface area contributed by atoms with Gasteiger partial charge in [-0.15, -0.1) is 0 Å². The third-order valence-electron chi connectivity index (χ3n) is 5.38. The first-order valence-corrected chi connectivity index (χ1v) is 10.2. The molecule has 4 rings (SSSR count). The lowest BCUT2D eigenvalue weighted by Crippen LogP contribution is -2.33. The quantitative estimate of drug-likeness (QED) is 0.457. The normalized spacial score (nSPS) is 15.0. The molecule has 0 radical (unpaired) electrons. The van der Waals surface area contributed by atoms with Crippen LogP contribution in [0.3, 0.4) is 0 Å². The molecule has 0 amide bonds. The number of aryl methyl sites for hydroxylation is 1. The number of benzene rings is 1. The number of hydrogen-bond donors (Lipinski definition) is 4. The summed E-state index contributed by atoms with van der Waals surface area (Å²) in [5.74, 6) is -3.01. The number of H-pyrrole nitrogens is 2. The van der Waals surface area contributed by atoms with E-state index in [0.717, 1.165) is 11.4 Å². The maximum atomic E-state index is 9.10. The van der Waals surface area contributed by atoms with Crippen LogP contribution in [0.5, 0.6) is 0 Å². The molecular weight excluding hydrogens is 408 g/mol. The van der Waals surface area contributed by atoms with Crippen LogP contribution in [0.4, 0.5) is 0 Å². The van der Waals surface area contributed by atoms with Crippen LogP contribution in [0.25, 0.3) is 10.9 Å². The molecule has 0 spiro atoms. The Morgan fingerprint density at radius 3 is 2.53 bits per heavy atom. The Hall–Kier alpha value is -2.84. The number of rotatable bonds is 5. The summed E-state index contributed by atoms with van der Waals surface area (Å²) in [6.45, 7) is 3.55. The van der Waals surface area contributed by atoms with Gasteiger partial charge in [0.05, 0.1) is 6.20 Å². The van der Waals surface area contributed by atoms with Crippen molar-refractivity contribution in [3.05, 3.63) is 52.9 Å². The van der Waals surface area contributed by atoms with Gasteiger partial charge in [0.2, 0.25) is 0 Å². The van der Waals surface area contributed by atoms with Crippen LogP contribution in [-0.2, 0) is 16.0 Å². The lowest BCUT2D eigenvalue weighted by Gasteiger charge is -2.32. The molecule has 2 aromatic heterocycles. The summed E-state index contributed by atoms with van der Waals surface area (Å²) in [7, 11) is 0. The Kier molecular flexibility index (Phi) is 7.48. The fraction of sp³-hybridized carbons (Fsp3) is 0.381. The van der Waals surface area contributed by atoms with Gasteiger partial charge < -0.3 is 20.1 Å². The van der Waals surface area contributed by atoms with Crippen molar-refractivity contribution in [3.63, 3.8) is 0 Å². The fourth-order valence-corrected chi connectivity index (χ4v) is 4.01. The number of carboxylic acids is 2.